The summed E-state index contributed by atoms with van der Waals surface area (Å²) >= 11 is 1.58. The number of halogens is 1. The van der Waals surface area contributed by atoms with E-state index in [9.17, 15) is 9.18 Å². The lowest BCUT2D eigenvalue weighted by Gasteiger charge is -2.08. The van der Waals surface area contributed by atoms with Gasteiger partial charge in [-0.3, -0.25) is 5.41 Å². The van der Waals surface area contributed by atoms with Gasteiger partial charge < -0.3 is 15.8 Å². The summed E-state index contributed by atoms with van der Waals surface area (Å²) in [5.41, 5.74) is 6.83. The van der Waals surface area contributed by atoms with Crippen LogP contribution in [0.1, 0.15) is 15.9 Å². The zero-order valence-electron chi connectivity index (χ0n) is 11.4. The Balaban J connectivity index is 1.81. The van der Waals surface area contributed by atoms with E-state index in [4.69, 9.17) is 15.9 Å². The normalized spacial score (nSPS) is 12.4. The first-order chi connectivity index (χ1) is 10.5. The molecule has 0 aliphatic carbocycles. The third-order valence-electron chi connectivity index (χ3n) is 3.15. The number of esters is 1. The lowest BCUT2D eigenvalue weighted by atomic mass is 10.2. The molecule has 5 nitrogen and oxygen atoms in total. The first-order valence-electron chi connectivity index (χ1n) is 6.41. The smallest absolute Gasteiger partial charge is 0.343 e. The molecule has 22 heavy (non-hydrogen) atoms. The molecule has 4 N–H and O–H groups in total. The van der Waals surface area contributed by atoms with Crippen molar-refractivity contribution in [2.75, 3.05) is 11.2 Å². The molecule has 0 fully saturated rings. The maximum absolute atomic E-state index is 13.9. The first kappa shape index (κ1) is 14.4. The number of hydrogen-bond donors (Lipinski definition) is 3. The van der Waals surface area contributed by atoms with Crippen molar-refractivity contribution >= 4 is 29.3 Å². The van der Waals surface area contributed by atoms with Crippen LogP contribution >= 0.6 is 11.8 Å². The van der Waals surface area contributed by atoms with Gasteiger partial charge in [-0.2, -0.15) is 0 Å². The van der Waals surface area contributed by atoms with Gasteiger partial charge in [0.1, 0.15) is 5.84 Å². The number of nitrogens with two attached hydrogens (primary N) is 1. The number of carbonyl (C=O) groups excluding carboxylic acids is 1. The molecule has 1 aliphatic heterocycles. The number of anilines is 1. The Kier molecular flexibility index (Phi) is 3.72. The molecule has 0 radical (unpaired) electrons. The highest BCUT2D eigenvalue weighted by atomic mass is 32.2. The summed E-state index contributed by atoms with van der Waals surface area (Å²) < 4.78 is 18.9. The SMILES string of the molecule is N=C(N)c1ccc(OC(=O)c2ccc3c(c2)SCN3)c(F)c1. The summed E-state index contributed by atoms with van der Waals surface area (Å²) in [5.74, 6) is -1.06. The number of amidine groups is 1. The average molecular weight is 317 g/mol. The summed E-state index contributed by atoms with van der Waals surface area (Å²) in [5, 5.41) is 10.4. The molecule has 2 aromatic carbocycles. The van der Waals surface area contributed by atoms with Gasteiger partial charge in [-0.05, 0) is 36.4 Å². The predicted octanol–water partition coefficient (Wildman–Crippen LogP) is 2.80. The maximum atomic E-state index is 13.9. The predicted molar refractivity (Wildman–Crippen MR) is 83.2 cm³/mol. The lowest BCUT2D eigenvalue weighted by Crippen LogP contribution is -2.13. The van der Waals surface area contributed by atoms with Gasteiger partial charge in [0.25, 0.3) is 0 Å². The molecular weight excluding hydrogens is 305 g/mol. The number of benzene rings is 2. The van der Waals surface area contributed by atoms with E-state index in [1.165, 1.54) is 12.1 Å². The van der Waals surface area contributed by atoms with Crippen molar-refractivity contribution in [1.29, 1.82) is 5.41 Å². The number of rotatable bonds is 3. The van der Waals surface area contributed by atoms with Crippen molar-refractivity contribution in [2.45, 2.75) is 4.90 Å². The molecule has 1 heterocycles. The average Bonchev–Trinajstić information content (AvgIpc) is 2.96. The highest BCUT2D eigenvalue weighted by Crippen LogP contribution is 2.34. The van der Waals surface area contributed by atoms with E-state index in [0.717, 1.165) is 22.5 Å². The van der Waals surface area contributed by atoms with Gasteiger partial charge in [0.15, 0.2) is 11.6 Å². The minimum absolute atomic E-state index is 0.193. The zero-order valence-corrected chi connectivity index (χ0v) is 12.2. The molecule has 7 heteroatoms. The van der Waals surface area contributed by atoms with Crippen LogP contribution in [-0.2, 0) is 0 Å². The Morgan fingerprint density at radius 1 is 1.27 bits per heavy atom. The van der Waals surface area contributed by atoms with Crippen molar-refractivity contribution in [3.63, 3.8) is 0 Å². The van der Waals surface area contributed by atoms with Gasteiger partial charge in [0.2, 0.25) is 0 Å². The fourth-order valence-electron chi connectivity index (χ4n) is 2.02. The van der Waals surface area contributed by atoms with E-state index in [1.807, 2.05) is 0 Å². The zero-order chi connectivity index (χ0) is 15.7. The molecule has 3 rings (SSSR count). The number of ether oxygens (including phenoxy) is 1. The van der Waals surface area contributed by atoms with Gasteiger partial charge in [0.05, 0.1) is 11.4 Å². The van der Waals surface area contributed by atoms with Crippen molar-refractivity contribution in [3.05, 3.63) is 53.3 Å². The van der Waals surface area contributed by atoms with Crippen LogP contribution < -0.4 is 15.8 Å². The second kappa shape index (κ2) is 5.69. The molecule has 0 aromatic heterocycles. The molecule has 0 saturated heterocycles. The molecule has 1 aliphatic rings. The lowest BCUT2D eigenvalue weighted by molar-refractivity contribution is 0.0727. The van der Waals surface area contributed by atoms with Crippen molar-refractivity contribution < 1.29 is 13.9 Å². The Hall–Kier alpha value is -2.54. The van der Waals surface area contributed by atoms with E-state index in [-0.39, 0.29) is 17.1 Å². The van der Waals surface area contributed by atoms with E-state index >= 15 is 0 Å². The van der Waals surface area contributed by atoms with E-state index < -0.39 is 11.8 Å². The number of nitrogens with one attached hydrogen (secondary N) is 2. The summed E-state index contributed by atoms with van der Waals surface area (Å²) in [7, 11) is 0. The quantitative estimate of drug-likeness (QED) is 0.351. The fraction of sp³-hybridized carbons (Fsp3) is 0.0667. The number of carbonyl (C=O) groups is 1. The van der Waals surface area contributed by atoms with Crippen LogP contribution in [0, 0.1) is 11.2 Å². The minimum atomic E-state index is -0.738. The topological polar surface area (TPSA) is 88.2 Å². The van der Waals surface area contributed by atoms with Gasteiger partial charge in [-0.25, -0.2) is 9.18 Å². The molecule has 0 bridgehead atoms. The third kappa shape index (κ3) is 2.75. The Morgan fingerprint density at radius 3 is 2.77 bits per heavy atom. The monoisotopic (exact) mass is 317 g/mol. The largest absolute Gasteiger partial charge is 0.420 e. The van der Waals surface area contributed by atoms with Gasteiger partial charge in [-0.15, -0.1) is 11.8 Å². The molecule has 0 amide bonds. The highest BCUT2D eigenvalue weighted by molar-refractivity contribution is 7.99. The number of nitrogen functional groups attached to an aromatic ring is 1. The molecule has 2 aromatic rings. The van der Waals surface area contributed by atoms with Crippen LogP contribution in [0.15, 0.2) is 41.3 Å². The molecule has 0 atom stereocenters. The van der Waals surface area contributed by atoms with Crippen LogP contribution in [-0.4, -0.2) is 17.7 Å². The maximum Gasteiger partial charge on any atom is 0.343 e. The Morgan fingerprint density at radius 2 is 2.05 bits per heavy atom. The molecule has 0 saturated carbocycles. The van der Waals surface area contributed by atoms with Crippen molar-refractivity contribution in [1.82, 2.24) is 0 Å². The summed E-state index contributed by atoms with van der Waals surface area (Å²) in [6.07, 6.45) is 0. The van der Waals surface area contributed by atoms with Crippen molar-refractivity contribution in [2.24, 2.45) is 5.73 Å². The van der Waals surface area contributed by atoms with E-state index in [1.54, 1.807) is 30.0 Å². The standard InChI is InChI=1S/C15H12FN3O2S/c16-10-5-8(14(17)18)2-4-12(10)21-15(20)9-1-3-11-13(6-9)22-7-19-11/h1-6,19H,7H2,(H3,17,18). The number of fused-ring (bicyclic) bond motifs is 1. The highest BCUT2D eigenvalue weighted by Gasteiger charge is 2.17. The van der Waals surface area contributed by atoms with Crippen molar-refractivity contribution in [3.8, 4) is 5.75 Å². The Labute approximate surface area is 130 Å². The van der Waals surface area contributed by atoms with Crippen LogP contribution in [0.2, 0.25) is 0 Å². The first-order valence-corrected chi connectivity index (χ1v) is 7.40. The summed E-state index contributed by atoms with van der Waals surface area (Å²) in [4.78, 5) is 13.1. The third-order valence-corrected chi connectivity index (χ3v) is 4.09. The van der Waals surface area contributed by atoms with E-state index in [0.29, 0.717) is 5.56 Å². The summed E-state index contributed by atoms with van der Waals surface area (Å²) in [6, 6.07) is 8.91. The van der Waals surface area contributed by atoms with Gasteiger partial charge in [-0.1, -0.05) is 0 Å². The number of hydrogen-bond acceptors (Lipinski definition) is 5. The van der Waals surface area contributed by atoms with Crippen LogP contribution in [0.3, 0.4) is 0 Å². The fourth-order valence-corrected chi connectivity index (χ4v) is 2.91. The Bertz CT molecular complexity index is 779. The van der Waals surface area contributed by atoms with Gasteiger partial charge in [0, 0.05) is 16.1 Å². The number of thioether (sulfide) groups is 1. The van der Waals surface area contributed by atoms with E-state index in [2.05, 4.69) is 5.32 Å². The molecular formula is C15H12FN3O2S. The van der Waals surface area contributed by atoms with Crippen LogP contribution in [0.4, 0.5) is 10.1 Å². The minimum Gasteiger partial charge on any atom is -0.420 e. The molecule has 112 valence electrons. The summed E-state index contributed by atoms with van der Waals surface area (Å²) in [6.45, 7) is 0. The molecule has 0 unspecified atom stereocenters. The molecule has 0 spiro atoms. The van der Waals surface area contributed by atoms with Crippen LogP contribution in [0.5, 0.6) is 5.75 Å². The second-order valence-corrected chi connectivity index (χ2v) is 5.64. The van der Waals surface area contributed by atoms with Crippen LogP contribution in [0.25, 0.3) is 0 Å². The second-order valence-electron chi connectivity index (χ2n) is 4.62. The van der Waals surface area contributed by atoms with Gasteiger partial charge >= 0.3 is 5.97 Å².